The van der Waals surface area contributed by atoms with Gasteiger partial charge in [-0.1, -0.05) is 48.6 Å². The van der Waals surface area contributed by atoms with Gasteiger partial charge in [-0.15, -0.1) is 5.10 Å². The molecular formula is C18H21N5O2S. The van der Waals surface area contributed by atoms with Gasteiger partial charge in [-0.3, -0.25) is 9.59 Å². The fourth-order valence-corrected chi connectivity index (χ4v) is 3.48. The predicted molar refractivity (Wildman–Crippen MR) is 103 cm³/mol. The first-order valence-electron chi connectivity index (χ1n) is 8.34. The summed E-state index contributed by atoms with van der Waals surface area (Å²) in [6, 6.07) is 11.5. The highest BCUT2D eigenvalue weighted by molar-refractivity contribution is 7.20. The van der Waals surface area contributed by atoms with Crippen molar-refractivity contribution in [2.75, 3.05) is 25.0 Å². The Morgan fingerprint density at radius 3 is 2.81 bits per heavy atom. The summed E-state index contributed by atoms with van der Waals surface area (Å²) < 4.78 is 1.26. The van der Waals surface area contributed by atoms with Crippen LogP contribution in [0.3, 0.4) is 0 Å². The minimum atomic E-state index is -0.218. The number of benzene rings is 1. The molecule has 0 radical (unpaired) electrons. The molecule has 0 saturated carbocycles. The maximum absolute atomic E-state index is 12.2. The zero-order valence-corrected chi connectivity index (χ0v) is 15.8. The summed E-state index contributed by atoms with van der Waals surface area (Å²) in [6.07, 6.45) is 0. The number of aromatic nitrogens is 3. The lowest BCUT2D eigenvalue weighted by Gasteiger charge is -2.17. The molecule has 0 fully saturated rings. The van der Waals surface area contributed by atoms with Gasteiger partial charge in [-0.2, -0.15) is 4.52 Å². The Morgan fingerprint density at radius 2 is 2.08 bits per heavy atom. The molecule has 26 heavy (non-hydrogen) atoms. The average Bonchev–Trinajstić information content (AvgIpc) is 3.05. The molecule has 0 spiro atoms. The lowest BCUT2D eigenvalue weighted by molar-refractivity contribution is -0.119. The number of aryl methyl sites for hydroxylation is 1. The molecule has 1 atom stereocenters. The number of carbonyl (C=O) groups is 1. The van der Waals surface area contributed by atoms with Crippen molar-refractivity contribution in [3.05, 3.63) is 58.0 Å². The van der Waals surface area contributed by atoms with Crippen LogP contribution in [-0.2, 0) is 4.79 Å². The van der Waals surface area contributed by atoms with E-state index in [4.69, 9.17) is 0 Å². The van der Waals surface area contributed by atoms with Crippen molar-refractivity contribution in [2.45, 2.75) is 19.8 Å². The maximum atomic E-state index is 12.2. The second-order valence-electron chi connectivity index (χ2n) is 6.29. The Kier molecular flexibility index (Phi) is 5.32. The average molecular weight is 371 g/mol. The van der Waals surface area contributed by atoms with E-state index in [0.29, 0.717) is 22.3 Å². The van der Waals surface area contributed by atoms with Gasteiger partial charge in [0.2, 0.25) is 16.0 Å². The molecule has 0 aliphatic rings. The standard InChI is InChI=1S/C18H21N5O2S/c1-12(14-7-5-4-6-8-14)10-19-15(24)11-22(3)18-21-23-16(25)9-13(2)20-17(23)26-18/h4-9,12H,10-11H2,1-3H3,(H,19,24)/t12-/m1/s1. The molecule has 1 N–H and O–H groups in total. The van der Waals surface area contributed by atoms with Gasteiger partial charge in [0.1, 0.15) is 0 Å². The Balaban J connectivity index is 1.61. The third kappa shape index (κ3) is 4.08. The quantitative estimate of drug-likeness (QED) is 0.715. The lowest BCUT2D eigenvalue weighted by Crippen LogP contribution is -2.36. The van der Waals surface area contributed by atoms with Crippen LogP contribution >= 0.6 is 11.3 Å². The van der Waals surface area contributed by atoms with E-state index < -0.39 is 0 Å². The van der Waals surface area contributed by atoms with Crippen LogP contribution in [0, 0.1) is 6.92 Å². The van der Waals surface area contributed by atoms with Crippen molar-refractivity contribution in [1.29, 1.82) is 0 Å². The largest absolute Gasteiger partial charge is 0.354 e. The van der Waals surface area contributed by atoms with Gasteiger partial charge in [0.25, 0.3) is 5.56 Å². The van der Waals surface area contributed by atoms with Crippen molar-refractivity contribution < 1.29 is 4.79 Å². The predicted octanol–water partition coefficient (Wildman–Crippen LogP) is 1.82. The number of amides is 1. The van der Waals surface area contributed by atoms with Crippen LogP contribution in [0.5, 0.6) is 0 Å². The number of likely N-dealkylation sites (N-methyl/N-ethyl adjacent to an activating group) is 1. The molecule has 8 heteroatoms. The van der Waals surface area contributed by atoms with Gasteiger partial charge in [0.15, 0.2) is 0 Å². The van der Waals surface area contributed by atoms with E-state index in [1.54, 1.807) is 18.9 Å². The topological polar surface area (TPSA) is 79.6 Å². The first-order valence-corrected chi connectivity index (χ1v) is 9.16. The van der Waals surface area contributed by atoms with Crippen LogP contribution in [0.4, 0.5) is 5.13 Å². The van der Waals surface area contributed by atoms with Gasteiger partial charge in [0, 0.05) is 25.4 Å². The molecular weight excluding hydrogens is 350 g/mol. The van der Waals surface area contributed by atoms with E-state index in [2.05, 4.69) is 34.5 Å². The molecule has 1 amide bonds. The normalized spacial score (nSPS) is 12.1. The molecule has 0 unspecified atom stereocenters. The van der Waals surface area contributed by atoms with Crippen LogP contribution in [-0.4, -0.2) is 40.6 Å². The van der Waals surface area contributed by atoms with Crippen molar-refractivity contribution in [3.8, 4) is 0 Å². The number of nitrogens with one attached hydrogen (secondary N) is 1. The van der Waals surface area contributed by atoms with Crippen LogP contribution in [0.2, 0.25) is 0 Å². The summed E-state index contributed by atoms with van der Waals surface area (Å²) >= 11 is 1.28. The summed E-state index contributed by atoms with van der Waals surface area (Å²) in [5.74, 6) is 0.143. The fourth-order valence-electron chi connectivity index (χ4n) is 2.57. The highest BCUT2D eigenvalue weighted by Crippen LogP contribution is 2.20. The van der Waals surface area contributed by atoms with Gasteiger partial charge in [0.05, 0.1) is 6.54 Å². The third-order valence-corrected chi connectivity index (χ3v) is 5.07. The Hall–Kier alpha value is -2.74. The number of nitrogens with zero attached hydrogens (tertiary/aromatic N) is 4. The van der Waals surface area contributed by atoms with E-state index in [9.17, 15) is 9.59 Å². The second-order valence-corrected chi connectivity index (χ2v) is 7.22. The Labute approximate surface area is 155 Å². The van der Waals surface area contributed by atoms with Gasteiger partial charge in [-0.05, 0) is 18.4 Å². The molecule has 0 aliphatic heterocycles. The molecule has 7 nitrogen and oxygen atoms in total. The summed E-state index contributed by atoms with van der Waals surface area (Å²) in [5, 5.41) is 7.78. The number of hydrogen-bond donors (Lipinski definition) is 1. The smallest absolute Gasteiger partial charge is 0.275 e. The maximum Gasteiger partial charge on any atom is 0.275 e. The van der Waals surface area contributed by atoms with Crippen LogP contribution in [0.25, 0.3) is 4.96 Å². The van der Waals surface area contributed by atoms with Crippen molar-refractivity contribution in [1.82, 2.24) is 19.9 Å². The molecule has 0 bridgehead atoms. The first kappa shape index (κ1) is 18.1. The first-order chi connectivity index (χ1) is 12.4. The fraction of sp³-hybridized carbons (Fsp3) is 0.333. The number of fused-ring (bicyclic) bond motifs is 1. The van der Waals surface area contributed by atoms with Crippen LogP contribution in [0.15, 0.2) is 41.2 Å². The van der Waals surface area contributed by atoms with Crippen molar-refractivity contribution >= 4 is 27.3 Å². The van der Waals surface area contributed by atoms with E-state index in [-0.39, 0.29) is 23.9 Å². The highest BCUT2D eigenvalue weighted by atomic mass is 32.1. The molecule has 3 aromatic rings. The lowest BCUT2D eigenvalue weighted by atomic mass is 10.0. The van der Waals surface area contributed by atoms with Gasteiger partial charge in [-0.25, -0.2) is 4.98 Å². The Bertz CT molecular complexity index is 967. The number of hydrogen-bond acceptors (Lipinski definition) is 6. The van der Waals surface area contributed by atoms with Crippen LogP contribution < -0.4 is 15.8 Å². The second kappa shape index (κ2) is 7.65. The minimum Gasteiger partial charge on any atom is -0.354 e. The van der Waals surface area contributed by atoms with Crippen LogP contribution in [0.1, 0.15) is 24.1 Å². The van der Waals surface area contributed by atoms with E-state index in [1.165, 1.54) is 27.5 Å². The monoisotopic (exact) mass is 371 g/mol. The molecule has 2 aromatic heterocycles. The van der Waals surface area contributed by atoms with Gasteiger partial charge < -0.3 is 10.2 Å². The summed E-state index contributed by atoms with van der Waals surface area (Å²) in [6.45, 7) is 4.57. The number of anilines is 1. The molecule has 1 aromatic carbocycles. The summed E-state index contributed by atoms with van der Waals surface area (Å²) in [7, 11) is 1.77. The van der Waals surface area contributed by atoms with E-state index in [1.807, 2.05) is 18.2 Å². The van der Waals surface area contributed by atoms with Crippen molar-refractivity contribution in [3.63, 3.8) is 0 Å². The molecule has 0 aliphatic carbocycles. The molecule has 2 heterocycles. The summed E-state index contributed by atoms with van der Waals surface area (Å²) in [5.41, 5.74) is 1.62. The van der Waals surface area contributed by atoms with Crippen molar-refractivity contribution in [2.24, 2.45) is 0 Å². The van der Waals surface area contributed by atoms with Gasteiger partial charge >= 0.3 is 0 Å². The van der Waals surface area contributed by atoms with E-state index >= 15 is 0 Å². The molecule has 3 rings (SSSR count). The SMILES string of the molecule is Cc1cc(=O)n2nc(N(C)CC(=O)NC[C@@H](C)c3ccccc3)sc2n1. The third-order valence-electron chi connectivity index (χ3n) is 4.04. The molecule has 136 valence electrons. The minimum absolute atomic E-state index is 0.0916. The number of rotatable bonds is 6. The molecule has 0 saturated heterocycles. The Morgan fingerprint density at radius 1 is 1.35 bits per heavy atom. The summed E-state index contributed by atoms with van der Waals surface area (Å²) in [4.78, 5) is 30.7. The highest BCUT2D eigenvalue weighted by Gasteiger charge is 2.15. The zero-order chi connectivity index (χ0) is 18.7. The van der Waals surface area contributed by atoms with E-state index in [0.717, 1.165) is 0 Å². The zero-order valence-electron chi connectivity index (χ0n) is 15.0. The number of carbonyl (C=O) groups excluding carboxylic acids is 1.